The maximum absolute atomic E-state index is 12.7. The number of hydrogen-bond donors (Lipinski definition) is 1. The van der Waals surface area contributed by atoms with Crippen LogP contribution in [0.4, 0.5) is 0 Å². The van der Waals surface area contributed by atoms with E-state index in [1.807, 2.05) is 0 Å². The Balaban J connectivity index is 1.45. The Morgan fingerprint density at radius 1 is 1.04 bits per heavy atom. The van der Waals surface area contributed by atoms with Gasteiger partial charge in [-0.05, 0) is 83.0 Å². The average Bonchev–Trinajstić information content (AvgIpc) is 3.00. The van der Waals surface area contributed by atoms with Gasteiger partial charge in [0.15, 0.2) is 0 Å². The standard InChI is InChI=1S/C19H35N3O/c1-16(17-6-4-9-20-15-17)14-19(23)22-12-5-7-18(8-13-22)21-10-2-3-11-21/h16-18,20H,2-15H2,1H3. The van der Waals surface area contributed by atoms with Gasteiger partial charge in [-0.2, -0.15) is 0 Å². The van der Waals surface area contributed by atoms with Crippen LogP contribution in [0.2, 0.25) is 0 Å². The molecule has 3 unspecified atom stereocenters. The number of hydrogen-bond acceptors (Lipinski definition) is 3. The topological polar surface area (TPSA) is 35.6 Å². The SMILES string of the molecule is CC(CC(=O)N1CCCC(N2CCCC2)CC1)C1CCCNC1. The lowest BCUT2D eigenvalue weighted by molar-refractivity contribution is -0.132. The third-order valence-electron chi connectivity index (χ3n) is 6.34. The van der Waals surface area contributed by atoms with Crippen LogP contribution in [0.1, 0.15) is 58.3 Å². The third kappa shape index (κ3) is 4.69. The van der Waals surface area contributed by atoms with E-state index < -0.39 is 0 Å². The molecule has 1 amide bonds. The molecule has 4 heteroatoms. The van der Waals surface area contributed by atoms with E-state index in [-0.39, 0.29) is 0 Å². The fourth-order valence-corrected chi connectivity index (χ4v) is 4.74. The van der Waals surface area contributed by atoms with Crippen LogP contribution in [-0.2, 0) is 4.79 Å². The van der Waals surface area contributed by atoms with Crippen molar-refractivity contribution in [1.82, 2.24) is 15.1 Å². The van der Waals surface area contributed by atoms with Crippen LogP contribution >= 0.6 is 0 Å². The number of piperidine rings is 1. The molecule has 0 bridgehead atoms. The number of likely N-dealkylation sites (tertiary alicyclic amines) is 2. The average molecular weight is 322 g/mol. The molecular weight excluding hydrogens is 286 g/mol. The van der Waals surface area contributed by atoms with Gasteiger partial charge in [0.2, 0.25) is 5.91 Å². The van der Waals surface area contributed by atoms with Gasteiger partial charge >= 0.3 is 0 Å². The molecule has 3 heterocycles. The largest absolute Gasteiger partial charge is 0.343 e. The Bertz CT molecular complexity index is 375. The van der Waals surface area contributed by atoms with Crippen molar-refractivity contribution in [2.24, 2.45) is 11.8 Å². The molecule has 3 atom stereocenters. The first kappa shape index (κ1) is 17.2. The van der Waals surface area contributed by atoms with Gasteiger partial charge in [-0.15, -0.1) is 0 Å². The zero-order valence-corrected chi connectivity index (χ0v) is 14.9. The molecular formula is C19H35N3O. The molecule has 3 saturated heterocycles. The first-order valence-corrected chi connectivity index (χ1v) is 9.96. The summed E-state index contributed by atoms with van der Waals surface area (Å²) in [6.07, 6.45) is 9.70. The van der Waals surface area contributed by atoms with Crippen LogP contribution in [0.3, 0.4) is 0 Å². The predicted octanol–water partition coefficient (Wildman–Crippen LogP) is 2.49. The van der Waals surface area contributed by atoms with Gasteiger partial charge < -0.3 is 15.1 Å². The normalized spacial score (nSPS) is 31.8. The lowest BCUT2D eigenvalue weighted by Gasteiger charge is -2.30. The first-order chi connectivity index (χ1) is 11.2. The van der Waals surface area contributed by atoms with Crippen LogP contribution < -0.4 is 5.32 Å². The fourth-order valence-electron chi connectivity index (χ4n) is 4.74. The lowest BCUT2D eigenvalue weighted by atomic mass is 9.85. The van der Waals surface area contributed by atoms with E-state index in [0.717, 1.165) is 38.6 Å². The van der Waals surface area contributed by atoms with Crippen molar-refractivity contribution in [3.8, 4) is 0 Å². The summed E-state index contributed by atoms with van der Waals surface area (Å²) in [5, 5.41) is 3.49. The van der Waals surface area contributed by atoms with Gasteiger partial charge in [0.1, 0.15) is 0 Å². The van der Waals surface area contributed by atoms with E-state index in [9.17, 15) is 4.79 Å². The monoisotopic (exact) mass is 321 g/mol. The second-order valence-corrected chi connectivity index (χ2v) is 8.00. The maximum Gasteiger partial charge on any atom is 0.222 e. The Hall–Kier alpha value is -0.610. The van der Waals surface area contributed by atoms with Crippen molar-refractivity contribution in [2.75, 3.05) is 39.3 Å². The summed E-state index contributed by atoms with van der Waals surface area (Å²) in [6, 6.07) is 0.732. The minimum atomic E-state index is 0.408. The highest BCUT2D eigenvalue weighted by Crippen LogP contribution is 2.25. The summed E-state index contributed by atoms with van der Waals surface area (Å²) >= 11 is 0. The van der Waals surface area contributed by atoms with Gasteiger partial charge in [-0.3, -0.25) is 4.79 Å². The van der Waals surface area contributed by atoms with Crippen molar-refractivity contribution in [2.45, 2.75) is 64.3 Å². The van der Waals surface area contributed by atoms with Crippen molar-refractivity contribution >= 4 is 5.91 Å². The molecule has 23 heavy (non-hydrogen) atoms. The minimum Gasteiger partial charge on any atom is -0.343 e. The second kappa shape index (κ2) is 8.48. The van der Waals surface area contributed by atoms with E-state index >= 15 is 0 Å². The van der Waals surface area contributed by atoms with Gasteiger partial charge in [-0.25, -0.2) is 0 Å². The number of nitrogens with one attached hydrogen (secondary N) is 1. The highest BCUT2D eigenvalue weighted by atomic mass is 16.2. The second-order valence-electron chi connectivity index (χ2n) is 8.00. The number of carbonyl (C=O) groups is 1. The van der Waals surface area contributed by atoms with Crippen LogP contribution in [0.25, 0.3) is 0 Å². The molecule has 3 aliphatic rings. The fraction of sp³-hybridized carbons (Fsp3) is 0.947. The molecule has 0 aromatic rings. The summed E-state index contributed by atoms with van der Waals surface area (Å²) < 4.78 is 0. The summed E-state index contributed by atoms with van der Waals surface area (Å²) in [4.78, 5) is 17.6. The van der Waals surface area contributed by atoms with E-state index in [2.05, 4.69) is 22.0 Å². The first-order valence-electron chi connectivity index (χ1n) is 9.96. The van der Waals surface area contributed by atoms with Crippen LogP contribution in [0.5, 0.6) is 0 Å². The molecule has 0 radical (unpaired) electrons. The van der Waals surface area contributed by atoms with Crippen molar-refractivity contribution in [1.29, 1.82) is 0 Å². The lowest BCUT2D eigenvalue weighted by Crippen LogP contribution is -2.38. The predicted molar refractivity (Wildman–Crippen MR) is 94.4 cm³/mol. The van der Waals surface area contributed by atoms with E-state index in [1.165, 1.54) is 58.0 Å². The molecule has 0 spiro atoms. The van der Waals surface area contributed by atoms with Crippen molar-refractivity contribution < 1.29 is 4.79 Å². The van der Waals surface area contributed by atoms with Gasteiger partial charge in [-0.1, -0.05) is 6.92 Å². The quantitative estimate of drug-likeness (QED) is 0.864. The van der Waals surface area contributed by atoms with Crippen molar-refractivity contribution in [3.63, 3.8) is 0 Å². The minimum absolute atomic E-state index is 0.408. The van der Waals surface area contributed by atoms with Crippen LogP contribution in [0, 0.1) is 11.8 Å². The summed E-state index contributed by atoms with van der Waals surface area (Å²) in [7, 11) is 0. The van der Waals surface area contributed by atoms with E-state index in [0.29, 0.717) is 17.7 Å². The summed E-state index contributed by atoms with van der Waals surface area (Å²) in [5.41, 5.74) is 0. The maximum atomic E-state index is 12.7. The summed E-state index contributed by atoms with van der Waals surface area (Å²) in [5.74, 6) is 1.62. The molecule has 3 aliphatic heterocycles. The van der Waals surface area contributed by atoms with Crippen LogP contribution in [0.15, 0.2) is 0 Å². The molecule has 4 nitrogen and oxygen atoms in total. The summed E-state index contributed by atoms with van der Waals surface area (Å²) in [6.45, 7) is 9.07. The molecule has 132 valence electrons. The number of carbonyl (C=O) groups excluding carboxylic acids is 1. The highest BCUT2D eigenvalue weighted by molar-refractivity contribution is 5.76. The number of amides is 1. The Kier molecular flexibility index (Phi) is 6.35. The smallest absolute Gasteiger partial charge is 0.222 e. The zero-order valence-electron chi connectivity index (χ0n) is 14.9. The van der Waals surface area contributed by atoms with E-state index in [1.54, 1.807) is 0 Å². The van der Waals surface area contributed by atoms with Crippen LogP contribution in [-0.4, -0.2) is 61.0 Å². The number of nitrogens with zero attached hydrogens (tertiary/aromatic N) is 2. The Morgan fingerprint density at radius 3 is 2.61 bits per heavy atom. The highest BCUT2D eigenvalue weighted by Gasteiger charge is 2.28. The molecule has 0 aromatic carbocycles. The zero-order chi connectivity index (χ0) is 16.1. The molecule has 0 aliphatic carbocycles. The number of rotatable bonds is 4. The molecule has 0 aromatic heterocycles. The molecule has 1 N–H and O–H groups in total. The van der Waals surface area contributed by atoms with Gasteiger partial charge in [0, 0.05) is 25.6 Å². The van der Waals surface area contributed by atoms with Gasteiger partial charge in [0.25, 0.3) is 0 Å². The van der Waals surface area contributed by atoms with Crippen molar-refractivity contribution in [3.05, 3.63) is 0 Å². The molecule has 3 rings (SSSR count). The van der Waals surface area contributed by atoms with E-state index in [4.69, 9.17) is 0 Å². The Labute approximate surface area is 142 Å². The Morgan fingerprint density at radius 2 is 1.87 bits per heavy atom. The third-order valence-corrected chi connectivity index (χ3v) is 6.34. The molecule has 3 fully saturated rings. The van der Waals surface area contributed by atoms with Gasteiger partial charge in [0.05, 0.1) is 0 Å². The molecule has 0 saturated carbocycles.